The molecular formula is C15H19FN4O. The zero-order chi connectivity index (χ0) is 14.7. The van der Waals surface area contributed by atoms with Gasteiger partial charge in [-0.2, -0.15) is 4.98 Å². The van der Waals surface area contributed by atoms with Gasteiger partial charge in [-0.15, -0.1) is 0 Å². The van der Waals surface area contributed by atoms with Gasteiger partial charge in [-0.25, -0.2) is 9.37 Å². The predicted octanol–water partition coefficient (Wildman–Crippen LogP) is 2.72. The number of hydrogen-bond acceptors (Lipinski definition) is 5. The van der Waals surface area contributed by atoms with Crippen LogP contribution in [0.25, 0.3) is 11.5 Å². The van der Waals surface area contributed by atoms with Crippen molar-refractivity contribution in [3.05, 3.63) is 30.0 Å². The Morgan fingerprint density at radius 3 is 2.71 bits per heavy atom. The van der Waals surface area contributed by atoms with Crippen LogP contribution in [0, 0.1) is 11.2 Å². The number of aromatic nitrogens is 3. The summed E-state index contributed by atoms with van der Waals surface area (Å²) in [5.41, 5.74) is 6.57. The molecule has 2 aromatic rings. The minimum atomic E-state index is -0.383. The topological polar surface area (TPSA) is 77.8 Å². The van der Waals surface area contributed by atoms with E-state index >= 15 is 0 Å². The van der Waals surface area contributed by atoms with Crippen molar-refractivity contribution in [3.8, 4) is 11.5 Å². The van der Waals surface area contributed by atoms with Crippen molar-refractivity contribution >= 4 is 0 Å². The van der Waals surface area contributed by atoms with Gasteiger partial charge in [0.1, 0.15) is 11.5 Å². The van der Waals surface area contributed by atoms with E-state index in [1.165, 1.54) is 25.3 Å². The number of hydrogen-bond donors (Lipinski definition) is 1. The van der Waals surface area contributed by atoms with Gasteiger partial charge in [-0.1, -0.05) is 24.4 Å². The Morgan fingerprint density at radius 1 is 1.24 bits per heavy atom. The summed E-state index contributed by atoms with van der Waals surface area (Å²) in [6, 6.07) is 2.88. The fourth-order valence-electron chi connectivity index (χ4n) is 3.01. The van der Waals surface area contributed by atoms with Gasteiger partial charge in [-0.05, 0) is 36.9 Å². The van der Waals surface area contributed by atoms with Crippen LogP contribution in [0.1, 0.15) is 38.0 Å². The van der Waals surface area contributed by atoms with E-state index < -0.39 is 0 Å². The Balaban J connectivity index is 1.76. The van der Waals surface area contributed by atoms with Crippen LogP contribution in [0.3, 0.4) is 0 Å². The van der Waals surface area contributed by atoms with Crippen LogP contribution in [-0.2, 0) is 6.42 Å². The lowest BCUT2D eigenvalue weighted by Gasteiger charge is -2.34. The lowest BCUT2D eigenvalue weighted by molar-refractivity contribution is 0.177. The first-order valence-corrected chi connectivity index (χ1v) is 7.35. The molecule has 0 bridgehead atoms. The monoisotopic (exact) mass is 290 g/mol. The lowest BCUT2D eigenvalue weighted by atomic mass is 9.72. The lowest BCUT2D eigenvalue weighted by Crippen LogP contribution is -2.35. The molecule has 2 N–H and O–H groups in total. The molecule has 112 valence electrons. The van der Waals surface area contributed by atoms with Gasteiger partial charge in [0.15, 0.2) is 0 Å². The highest BCUT2D eigenvalue weighted by molar-refractivity contribution is 5.47. The second kappa shape index (κ2) is 5.89. The molecule has 0 aromatic carbocycles. The molecular weight excluding hydrogens is 271 g/mol. The molecule has 1 fully saturated rings. The zero-order valence-electron chi connectivity index (χ0n) is 11.9. The second-order valence-electron chi connectivity index (χ2n) is 5.81. The minimum Gasteiger partial charge on any atom is -0.339 e. The summed E-state index contributed by atoms with van der Waals surface area (Å²) in [6.07, 6.45) is 7.75. The molecule has 0 radical (unpaired) electrons. The van der Waals surface area contributed by atoms with Crippen molar-refractivity contribution in [2.45, 2.75) is 38.5 Å². The van der Waals surface area contributed by atoms with Crippen LogP contribution < -0.4 is 5.73 Å². The van der Waals surface area contributed by atoms with Gasteiger partial charge in [0.2, 0.25) is 11.7 Å². The Labute approximate surface area is 122 Å². The molecule has 0 saturated heterocycles. The molecule has 0 unspecified atom stereocenters. The van der Waals surface area contributed by atoms with Crippen LogP contribution in [0.15, 0.2) is 22.9 Å². The third-order valence-corrected chi connectivity index (χ3v) is 4.30. The average Bonchev–Trinajstić information content (AvgIpc) is 2.97. The normalized spacial score (nSPS) is 17.8. The maximum absolute atomic E-state index is 12.9. The maximum atomic E-state index is 12.9. The number of rotatable bonds is 4. The molecule has 0 amide bonds. The molecule has 0 spiro atoms. The first kappa shape index (κ1) is 14.1. The first-order valence-electron chi connectivity index (χ1n) is 7.35. The highest BCUT2D eigenvalue weighted by Crippen LogP contribution is 2.38. The zero-order valence-corrected chi connectivity index (χ0v) is 11.9. The van der Waals surface area contributed by atoms with E-state index in [9.17, 15) is 4.39 Å². The fraction of sp³-hybridized carbons (Fsp3) is 0.533. The Hall–Kier alpha value is -1.82. The number of halogens is 1. The smallest absolute Gasteiger partial charge is 0.227 e. The molecule has 1 saturated carbocycles. The van der Waals surface area contributed by atoms with Gasteiger partial charge in [0, 0.05) is 6.42 Å². The average molecular weight is 290 g/mol. The van der Waals surface area contributed by atoms with Crippen molar-refractivity contribution in [2.24, 2.45) is 11.1 Å². The molecule has 0 atom stereocenters. The SMILES string of the molecule is NCC1(Cc2nc(-c3ccc(F)cn3)no2)CCCCC1. The Morgan fingerprint density at radius 2 is 2.05 bits per heavy atom. The Kier molecular flexibility index (Phi) is 3.96. The molecule has 2 aromatic heterocycles. The van der Waals surface area contributed by atoms with Gasteiger partial charge in [-0.3, -0.25) is 0 Å². The van der Waals surface area contributed by atoms with Crippen molar-refractivity contribution < 1.29 is 8.91 Å². The van der Waals surface area contributed by atoms with Crippen molar-refractivity contribution in [1.82, 2.24) is 15.1 Å². The third kappa shape index (κ3) is 3.10. The summed E-state index contributed by atoms with van der Waals surface area (Å²) in [4.78, 5) is 8.34. The number of pyridine rings is 1. The summed E-state index contributed by atoms with van der Waals surface area (Å²) in [5.74, 6) is 0.600. The van der Waals surface area contributed by atoms with E-state index in [1.54, 1.807) is 6.07 Å². The van der Waals surface area contributed by atoms with Crippen molar-refractivity contribution in [2.75, 3.05) is 6.54 Å². The van der Waals surface area contributed by atoms with E-state index in [4.69, 9.17) is 10.3 Å². The highest BCUT2D eigenvalue weighted by atomic mass is 19.1. The van der Waals surface area contributed by atoms with E-state index in [0.717, 1.165) is 19.0 Å². The Bertz CT molecular complexity index is 590. The molecule has 6 heteroatoms. The quantitative estimate of drug-likeness (QED) is 0.936. The van der Waals surface area contributed by atoms with Crippen LogP contribution in [-0.4, -0.2) is 21.7 Å². The van der Waals surface area contributed by atoms with Crippen molar-refractivity contribution in [1.29, 1.82) is 0 Å². The largest absolute Gasteiger partial charge is 0.339 e. The van der Waals surface area contributed by atoms with E-state index in [-0.39, 0.29) is 11.2 Å². The maximum Gasteiger partial charge on any atom is 0.227 e. The van der Waals surface area contributed by atoms with Gasteiger partial charge >= 0.3 is 0 Å². The summed E-state index contributed by atoms with van der Waals surface area (Å²) in [6.45, 7) is 0.638. The highest BCUT2D eigenvalue weighted by Gasteiger charge is 2.33. The van der Waals surface area contributed by atoms with Gasteiger partial charge in [0.05, 0.1) is 6.20 Å². The minimum absolute atomic E-state index is 0.0816. The third-order valence-electron chi connectivity index (χ3n) is 4.30. The van der Waals surface area contributed by atoms with E-state index in [0.29, 0.717) is 30.4 Å². The van der Waals surface area contributed by atoms with E-state index in [2.05, 4.69) is 15.1 Å². The fourth-order valence-corrected chi connectivity index (χ4v) is 3.01. The van der Waals surface area contributed by atoms with Crippen LogP contribution in [0.4, 0.5) is 4.39 Å². The van der Waals surface area contributed by atoms with Crippen LogP contribution >= 0.6 is 0 Å². The van der Waals surface area contributed by atoms with E-state index in [1.807, 2.05) is 0 Å². The predicted molar refractivity (Wildman–Crippen MR) is 75.8 cm³/mol. The van der Waals surface area contributed by atoms with Crippen LogP contribution in [0.5, 0.6) is 0 Å². The number of nitrogens with zero attached hydrogens (tertiary/aromatic N) is 3. The van der Waals surface area contributed by atoms with Crippen LogP contribution in [0.2, 0.25) is 0 Å². The van der Waals surface area contributed by atoms with Crippen molar-refractivity contribution in [3.63, 3.8) is 0 Å². The standard InChI is InChI=1S/C15H19FN4O/c16-11-4-5-12(18-9-11)14-19-13(21-20-14)8-15(10-17)6-2-1-3-7-15/h4-5,9H,1-3,6-8,10,17H2. The summed E-state index contributed by atoms with van der Waals surface area (Å²) >= 11 is 0. The first-order chi connectivity index (χ1) is 10.2. The molecule has 3 rings (SSSR count). The summed E-state index contributed by atoms with van der Waals surface area (Å²) in [5, 5.41) is 3.94. The molecule has 1 aliphatic rings. The number of nitrogens with two attached hydrogens (primary N) is 1. The summed E-state index contributed by atoms with van der Waals surface area (Å²) in [7, 11) is 0. The molecule has 21 heavy (non-hydrogen) atoms. The molecule has 1 aliphatic carbocycles. The van der Waals surface area contributed by atoms with Gasteiger partial charge in [0.25, 0.3) is 0 Å². The second-order valence-corrected chi connectivity index (χ2v) is 5.81. The van der Waals surface area contributed by atoms with Gasteiger partial charge < -0.3 is 10.3 Å². The molecule has 5 nitrogen and oxygen atoms in total. The molecule has 2 heterocycles. The summed E-state index contributed by atoms with van der Waals surface area (Å²) < 4.78 is 18.2. The molecule has 0 aliphatic heterocycles.